The van der Waals surface area contributed by atoms with E-state index in [1.54, 1.807) is 17.7 Å². The number of rotatable bonds is 5. The highest BCUT2D eigenvalue weighted by Gasteiger charge is 2.26. The number of aromatic nitrogens is 3. The maximum atomic E-state index is 12.6. The van der Waals surface area contributed by atoms with Gasteiger partial charge < -0.3 is 15.0 Å². The lowest BCUT2D eigenvalue weighted by atomic mass is 9.90. The lowest BCUT2D eigenvalue weighted by molar-refractivity contribution is -0.113. The number of aryl methyl sites for hydroxylation is 1. The van der Waals surface area contributed by atoms with Crippen LogP contribution in [0.15, 0.2) is 40.1 Å². The number of morpholine rings is 1. The summed E-state index contributed by atoms with van der Waals surface area (Å²) in [6.07, 6.45) is 6.12. The maximum absolute atomic E-state index is 12.6. The molecule has 10 heteroatoms. The van der Waals surface area contributed by atoms with E-state index in [1.165, 1.54) is 41.1 Å². The van der Waals surface area contributed by atoms with Gasteiger partial charge in [0.05, 0.1) is 29.2 Å². The Morgan fingerprint density at radius 1 is 1.11 bits per heavy atom. The van der Waals surface area contributed by atoms with E-state index < -0.39 is 0 Å². The van der Waals surface area contributed by atoms with Crippen molar-refractivity contribution in [3.8, 4) is 0 Å². The van der Waals surface area contributed by atoms with Gasteiger partial charge in [-0.25, -0.2) is 15.0 Å². The minimum atomic E-state index is -0.0599. The topological polar surface area (TPSA) is 80.2 Å². The van der Waals surface area contributed by atoms with Gasteiger partial charge in [-0.05, 0) is 61.1 Å². The highest BCUT2D eigenvalue weighted by Crippen LogP contribution is 2.43. The van der Waals surface area contributed by atoms with Gasteiger partial charge in [0.25, 0.3) is 0 Å². The van der Waals surface area contributed by atoms with Crippen LogP contribution in [0.5, 0.6) is 0 Å². The van der Waals surface area contributed by atoms with Gasteiger partial charge in [0.2, 0.25) is 5.91 Å². The summed E-state index contributed by atoms with van der Waals surface area (Å²) in [5.74, 6) is 1.34. The fourth-order valence-electron chi connectivity index (χ4n) is 4.82. The molecule has 0 atom stereocenters. The summed E-state index contributed by atoms with van der Waals surface area (Å²) in [4.78, 5) is 30.4. The molecule has 0 spiro atoms. The molecular weight excluding hydrogens is 546 g/mol. The second-order valence-electron chi connectivity index (χ2n) is 8.68. The Morgan fingerprint density at radius 3 is 2.69 bits per heavy atom. The molecule has 180 valence electrons. The van der Waals surface area contributed by atoms with Crippen LogP contribution in [0.3, 0.4) is 0 Å². The molecule has 1 aliphatic heterocycles. The predicted molar refractivity (Wildman–Crippen MR) is 146 cm³/mol. The van der Waals surface area contributed by atoms with E-state index in [4.69, 9.17) is 14.7 Å². The lowest BCUT2D eigenvalue weighted by Crippen LogP contribution is -2.37. The van der Waals surface area contributed by atoms with Gasteiger partial charge in [0.1, 0.15) is 22.0 Å². The van der Waals surface area contributed by atoms with Crippen molar-refractivity contribution in [1.29, 1.82) is 0 Å². The number of carbonyl (C=O) groups excluding carboxylic acids is 1. The SMILES string of the molecule is O=C(CSc1ncnc2c1sc1nc(N3CCOCC3)c3c(c12)CCCC3)Nc1ccc(Br)cc1. The molecule has 3 aromatic heterocycles. The van der Waals surface area contributed by atoms with E-state index in [1.807, 2.05) is 24.3 Å². The Hall–Kier alpha value is -2.27. The molecule has 0 bridgehead atoms. The first-order valence-corrected chi connectivity index (χ1v) is 14.4. The normalized spacial score (nSPS) is 16.0. The lowest BCUT2D eigenvalue weighted by Gasteiger charge is -2.31. The summed E-state index contributed by atoms with van der Waals surface area (Å²) in [6.45, 7) is 3.25. The van der Waals surface area contributed by atoms with Gasteiger partial charge in [0.15, 0.2) is 0 Å². The minimum absolute atomic E-state index is 0.0599. The number of thiophene rings is 1. The first kappa shape index (κ1) is 23.1. The summed E-state index contributed by atoms with van der Waals surface area (Å²) in [7, 11) is 0. The van der Waals surface area contributed by atoms with Crippen LogP contribution >= 0.6 is 39.0 Å². The minimum Gasteiger partial charge on any atom is -0.378 e. The van der Waals surface area contributed by atoms with Crippen LogP contribution in [0, 0.1) is 0 Å². The fourth-order valence-corrected chi connectivity index (χ4v) is 7.12. The van der Waals surface area contributed by atoms with Crippen molar-refractivity contribution < 1.29 is 9.53 Å². The van der Waals surface area contributed by atoms with Crippen LogP contribution in [0.4, 0.5) is 11.5 Å². The Balaban J connectivity index is 1.33. The van der Waals surface area contributed by atoms with Crippen molar-refractivity contribution >= 4 is 76.9 Å². The third-order valence-corrected chi connectivity index (χ3v) is 9.17. The van der Waals surface area contributed by atoms with Crippen molar-refractivity contribution in [2.75, 3.05) is 42.3 Å². The zero-order chi connectivity index (χ0) is 23.8. The number of nitrogens with one attached hydrogen (secondary N) is 1. The van der Waals surface area contributed by atoms with E-state index >= 15 is 0 Å². The van der Waals surface area contributed by atoms with Crippen LogP contribution in [-0.4, -0.2) is 52.9 Å². The van der Waals surface area contributed by atoms with E-state index in [0.717, 1.165) is 75.2 Å². The quantitative estimate of drug-likeness (QED) is 0.253. The zero-order valence-corrected chi connectivity index (χ0v) is 22.3. The van der Waals surface area contributed by atoms with Crippen molar-refractivity contribution in [2.24, 2.45) is 0 Å². The van der Waals surface area contributed by atoms with Crippen LogP contribution < -0.4 is 10.2 Å². The van der Waals surface area contributed by atoms with Gasteiger partial charge in [-0.15, -0.1) is 11.3 Å². The smallest absolute Gasteiger partial charge is 0.234 e. The summed E-state index contributed by atoms with van der Waals surface area (Å²) >= 11 is 6.51. The number of anilines is 2. The molecule has 1 N–H and O–H groups in total. The third kappa shape index (κ3) is 4.64. The molecular formula is C25H24BrN5O2S2. The molecule has 1 amide bonds. The monoisotopic (exact) mass is 569 g/mol. The van der Waals surface area contributed by atoms with Gasteiger partial charge in [-0.2, -0.15) is 0 Å². The Kier molecular flexibility index (Phi) is 6.62. The second kappa shape index (κ2) is 10.0. The molecule has 0 radical (unpaired) electrons. The molecule has 6 rings (SSSR count). The summed E-state index contributed by atoms with van der Waals surface area (Å²) in [5, 5.41) is 4.97. The van der Waals surface area contributed by atoms with Crippen LogP contribution in [0.25, 0.3) is 20.4 Å². The van der Waals surface area contributed by atoms with Crippen molar-refractivity contribution in [1.82, 2.24) is 15.0 Å². The van der Waals surface area contributed by atoms with Gasteiger partial charge in [-0.3, -0.25) is 4.79 Å². The zero-order valence-electron chi connectivity index (χ0n) is 19.1. The number of carbonyl (C=O) groups is 1. The number of hydrogen-bond acceptors (Lipinski definition) is 8. The average molecular weight is 571 g/mol. The standard InChI is InChI=1S/C25H24BrN5O2S2/c26-15-5-7-16(8-6-15)29-19(32)13-34-25-22-21(27-14-28-25)20-17-3-1-2-4-18(17)23(30-24(20)35-22)31-9-11-33-12-10-31/h5-8,14H,1-4,9-13H2,(H,29,32). The second-order valence-corrected chi connectivity index (χ2v) is 11.6. The molecule has 1 aromatic carbocycles. The molecule has 0 unspecified atom stereocenters. The number of benzene rings is 1. The molecule has 2 aliphatic rings. The van der Waals surface area contributed by atoms with E-state index in [2.05, 4.69) is 31.1 Å². The molecule has 0 saturated carbocycles. The molecule has 1 saturated heterocycles. The number of amides is 1. The summed E-state index contributed by atoms with van der Waals surface area (Å²) in [5.41, 5.74) is 4.53. The Labute approximate surface area is 219 Å². The Morgan fingerprint density at radius 2 is 1.89 bits per heavy atom. The van der Waals surface area contributed by atoms with Crippen molar-refractivity contribution in [3.05, 3.63) is 46.2 Å². The predicted octanol–water partition coefficient (Wildman–Crippen LogP) is 5.45. The highest BCUT2D eigenvalue weighted by molar-refractivity contribution is 9.10. The fraction of sp³-hybridized carbons (Fsp3) is 0.360. The summed E-state index contributed by atoms with van der Waals surface area (Å²) in [6, 6.07) is 7.57. The third-order valence-electron chi connectivity index (χ3n) is 6.45. The van der Waals surface area contributed by atoms with Gasteiger partial charge in [0, 0.05) is 28.6 Å². The molecule has 35 heavy (non-hydrogen) atoms. The number of pyridine rings is 1. The molecule has 4 heterocycles. The maximum Gasteiger partial charge on any atom is 0.234 e. The van der Waals surface area contributed by atoms with E-state index in [-0.39, 0.29) is 11.7 Å². The van der Waals surface area contributed by atoms with Crippen LogP contribution in [0.1, 0.15) is 24.0 Å². The van der Waals surface area contributed by atoms with Crippen LogP contribution in [-0.2, 0) is 22.4 Å². The molecule has 4 aromatic rings. The number of fused-ring (bicyclic) bond motifs is 5. The Bertz CT molecular complexity index is 1400. The number of nitrogens with zero attached hydrogens (tertiary/aromatic N) is 4. The molecule has 1 fully saturated rings. The number of hydrogen-bond donors (Lipinski definition) is 1. The largest absolute Gasteiger partial charge is 0.378 e. The van der Waals surface area contributed by atoms with Gasteiger partial charge >= 0.3 is 0 Å². The van der Waals surface area contributed by atoms with Crippen LogP contribution in [0.2, 0.25) is 0 Å². The molecule has 1 aliphatic carbocycles. The number of halogens is 1. The van der Waals surface area contributed by atoms with E-state index in [0.29, 0.717) is 0 Å². The highest BCUT2D eigenvalue weighted by atomic mass is 79.9. The van der Waals surface area contributed by atoms with Gasteiger partial charge in [-0.1, -0.05) is 27.7 Å². The molecule has 7 nitrogen and oxygen atoms in total. The number of thioether (sulfide) groups is 1. The first-order chi connectivity index (χ1) is 17.2. The first-order valence-electron chi connectivity index (χ1n) is 11.8. The van der Waals surface area contributed by atoms with Crippen molar-refractivity contribution in [3.63, 3.8) is 0 Å². The summed E-state index contributed by atoms with van der Waals surface area (Å²) < 4.78 is 7.58. The number of ether oxygens (including phenoxy) is 1. The average Bonchev–Trinajstić information content (AvgIpc) is 3.28. The van der Waals surface area contributed by atoms with Crippen molar-refractivity contribution in [2.45, 2.75) is 30.7 Å². The van der Waals surface area contributed by atoms with E-state index in [9.17, 15) is 4.79 Å².